The summed E-state index contributed by atoms with van der Waals surface area (Å²) in [4.78, 5) is 0. The van der Waals surface area contributed by atoms with Crippen molar-refractivity contribution in [2.24, 2.45) is 34.0 Å². The van der Waals surface area contributed by atoms with Crippen LogP contribution in [0.4, 0.5) is 0 Å². The zero-order valence-corrected chi connectivity index (χ0v) is 14.7. The fraction of sp³-hybridized carbons (Fsp3) is 1.00. The second-order valence-corrected chi connectivity index (χ2v) is 10.2. The Morgan fingerprint density at radius 2 is 1.73 bits per heavy atom. The van der Waals surface area contributed by atoms with Crippen LogP contribution in [-0.2, 0) is 0 Å². The van der Waals surface area contributed by atoms with Crippen LogP contribution < -0.4 is 0 Å². The van der Waals surface area contributed by atoms with Crippen molar-refractivity contribution < 1.29 is 10.2 Å². The van der Waals surface area contributed by atoms with Crippen molar-refractivity contribution in [1.82, 2.24) is 0 Å². The van der Waals surface area contributed by atoms with E-state index in [9.17, 15) is 10.2 Å². The maximum absolute atomic E-state index is 10.9. The summed E-state index contributed by atoms with van der Waals surface area (Å²) in [6.45, 7) is 7.34. The molecule has 0 radical (unpaired) electrons. The molecule has 4 aliphatic carbocycles. The molecule has 22 heavy (non-hydrogen) atoms. The van der Waals surface area contributed by atoms with E-state index in [0.717, 1.165) is 12.3 Å². The number of aliphatic hydroxyl groups excluding tert-OH is 1. The Hall–Kier alpha value is -0.0800. The highest BCUT2D eigenvalue weighted by molar-refractivity contribution is 5.16. The first-order valence-corrected chi connectivity index (χ1v) is 9.59. The highest BCUT2D eigenvalue weighted by Gasteiger charge is 2.66. The van der Waals surface area contributed by atoms with Gasteiger partial charge in [-0.1, -0.05) is 20.3 Å². The van der Waals surface area contributed by atoms with Gasteiger partial charge in [0, 0.05) is 6.61 Å². The lowest BCUT2D eigenvalue weighted by molar-refractivity contribution is -0.159. The fourth-order valence-corrected chi connectivity index (χ4v) is 8.12. The predicted octanol–water partition coefficient (Wildman–Crippen LogP) is 4.14. The van der Waals surface area contributed by atoms with Crippen LogP contribution in [0.2, 0.25) is 0 Å². The molecule has 126 valence electrons. The van der Waals surface area contributed by atoms with Crippen LogP contribution in [0.1, 0.15) is 78.6 Å². The molecule has 4 saturated carbocycles. The fourth-order valence-electron chi connectivity index (χ4n) is 8.12. The number of hydrogen-bond donors (Lipinski definition) is 2. The molecule has 7 atom stereocenters. The molecule has 4 fully saturated rings. The van der Waals surface area contributed by atoms with Gasteiger partial charge in [-0.15, -0.1) is 0 Å². The molecule has 4 aliphatic rings. The van der Waals surface area contributed by atoms with Crippen LogP contribution in [0.25, 0.3) is 0 Å². The van der Waals surface area contributed by atoms with E-state index in [4.69, 9.17) is 0 Å². The zero-order valence-electron chi connectivity index (χ0n) is 14.7. The van der Waals surface area contributed by atoms with Gasteiger partial charge in [0.2, 0.25) is 0 Å². The van der Waals surface area contributed by atoms with Crippen molar-refractivity contribution >= 4 is 0 Å². The Kier molecular flexibility index (Phi) is 3.16. The van der Waals surface area contributed by atoms with E-state index in [0.29, 0.717) is 29.3 Å². The third-order valence-electron chi connectivity index (χ3n) is 8.97. The van der Waals surface area contributed by atoms with Gasteiger partial charge in [-0.2, -0.15) is 0 Å². The molecular weight excluding hydrogens is 272 g/mol. The number of hydrogen-bond acceptors (Lipinski definition) is 2. The van der Waals surface area contributed by atoms with E-state index in [1.165, 1.54) is 51.4 Å². The highest BCUT2D eigenvalue weighted by Crippen LogP contribution is 2.72. The summed E-state index contributed by atoms with van der Waals surface area (Å²) in [7, 11) is 0. The van der Waals surface area contributed by atoms with Gasteiger partial charge >= 0.3 is 0 Å². The minimum atomic E-state index is -0.424. The van der Waals surface area contributed by atoms with Crippen molar-refractivity contribution in [3.05, 3.63) is 0 Å². The van der Waals surface area contributed by atoms with Crippen LogP contribution in [-0.4, -0.2) is 22.4 Å². The summed E-state index contributed by atoms with van der Waals surface area (Å²) >= 11 is 0. The quantitative estimate of drug-likeness (QED) is 0.764. The van der Waals surface area contributed by atoms with Crippen molar-refractivity contribution in [3.8, 4) is 0 Å². The molecule has 0 aromatic rings. The molecule has 0 unspecified atom stereocenters. The Labute approximate surface area is 135 Å². The van der Waals surface area contributed by atoms with Crippen LogP contribution >= 0.6 is 0 Å². The second-order valence-electron chi connectivity index (χ2n) is 10.2. The average Bonchev–Trinajstić information content (AvgIpc) is 2.63. The molecule has 1 spiro atoms. The number of aliphatic hydroxyl groups is 2. The third-order valence-corrected chi connectivity index (χ3v) is 8.97. The third kappa shape index (κ3) is 1.80. The molecule has 2 heteroatoms. The van der Waals surface area contributed by atoms with Gasteiger partial charge in [-0.05, 0) is 92.3 Å². The van der Waals surface area contributed by atoms with E-state index < -0.39 is 5.60 Å². The molecule has 4 rings (SSSR count). The van der Waals surface area contributed by atoms with E-state index >= 15 is 0 Å². The van der Waals surface area contributed by atoms with Crippen molar-refractivity contribution in [1.29, 1.82) is 0 Å². The highest BCUT2D eigenvalue weighted by atomic mass is 16.3. The van der Waals surface area contributed by atoms with Gasteiger partial charge in [0.15, 0.2) is 0 Å². The first-order chi connectivity index (χ1) is 10.3. The maximum atomic E-state index is 10.9. The summed E-state index contributed by atoms with van der Waals surface area (Å²) in [5, 5.41) is 21.0. The lowest BCUT2D eigenvalue weighted by Crippen LogP contribution is -2.57. The summed E-state index contributed by atoms with van der Waals surface area (Å²) in [5.41, 5.74) is 0.504. The SMILES string of the molecule is C[C@]1(CO)CCC[C@@]2(C)[C@H]1CC[C@]13C[C@H](CC[C@@H]12)[C@](C)(O)C3. The van der Waals surface area contributed by atoms with E-state index in [1.807, 2.05) is 0 Å². The first-order valence-electron chi connectivity index (χ1n) is 9.59. The van der Waals surface area contributed by atoms with Gasteiger partial charge in [0.25, 0.3) is 0 Å². The minimum absolute atomic E-state index is 0.132. The predicted molar refractivity (Wildman–Crippen MR) is 88.4 cm³/mol. The standard InChI is InChI=1S/C20H34O2/c1-17(13-21)8-4-9-18(2)15(17)7-10-20-11-14(5-6-16(18)20)19(3,22)12-20/h14-16,21-22H,4-13H2,1-3H3/t14-,15-,16+,17+,18-,19+,20+/m0/s1. The Balaban J connectivity index is 1.72. The monoisotopic (exact) mass is 306 g/mol. The maximum Gasteiger partial charge on any atom is 0.0653 e. The number of rotatable bonds is 1. The molecule has 0 aromatic heterocycles. The smallest absolute Gasteiger partial charge is 0.0653 e. The Morgan fingerprint density at radius 1 is 0.955 bits per heavy atom. The average molecular weight is 306 g/mol. The Bertz CT molecular complexity index is 472. The molecular formula is C20H34O2. The molecule has 0 aliphatic heterocycles. The Morgan fingerprint density at radius 3 is 2.45 bits per heavy atom. The molecule has 0 heterocycles. The van der Waals surface area contributed by atoms with Crippen LogP contribution in [0.15, 0.2) is 0 Å². The summed E-state index contributed by atoms with van der Waals surface area (Å²) < 4.78 is 0. The molecule has 2 bridgehead atoms. The molecule has 0 saturated heterocycles. The molecule has 2 N–H and O–H groups in total. The van der Waals surface area contributed by atoms with Gasteiger partial charge < -0.3 is 10.2 Å². The second kappa shape index (κ2) is 4.51. The van der Waals surface area contributed by atoms with Crippen LogP contribution in [0.5, 0.6) is 0 Å². The van der Waals surface area contributed by atoms with Gasteiger partial charge in [-0.25, -0.2) is 0 Å². The van der Waals surface area contributed by atoms with E-state index in [1.54, 1.807) is 0 Å². The molecule has 2 nitrogen and oxygen atoms in total. The zero-order chi connectivity index (χ0) is 15.8. The number of fused-ring (bicyclic) bond motifs is 3. The van der Waals surface area contributed by atoms with Gasteiger partial charge in [-0.3, -0.25) is 0 Å². The molecule has 0 amide bonds. The lowest BCUT2D eigenvalue weighted by Gasteiger charge is -2.64. The van der Waals surface area contributed by atoms with Crippen LogP contribution in [0, 0.1) is 34.0 Å². The van der Waals surface area contributed by atoms with Crippen molar-refractivity contribution in [2.75, 3.05) is 6.61 Å². The van der Waals surface area contributed by atoms with E-state index in [-0.39, 0.29) is 5.41 Å². The van der Waals surface area contributed by atoms with Gasteiger partial charge in [0.1, 0.15) is 0 Å². The normalized spacial score (nSPS) is 60.7. The van der Waals surface area contributed by atoms with Crippen LogP contribution in [0.3, 0.4) is 0 Å². The van der Waals surface area contributed by atoms with Gasteiger partial charge in [0.05, 0.1) is 5.60 Å². The lowest BCUT2D eigenvalue weighted by atomic mass is 9.41. The minimum Gasteiger partial charge on any atom is -0.396 e. The topological polar surface area (TPSA) is 40.5 Å². The van der Waals surface area contributed by atoms with Crippen molar-refractivity contribution in [3.63, 3.8) is 0 Å². The van der Waals surface area contributed by atoms with Crippen molar-refractivity contribution in [2.45, 2.75) is 84.2 Å². The first kappa shape index (κ1) is 15.4. The van der Waals surface area contributed by atoms with E-state index in [2.05, 4.69) is 20.8 Å². The summed E-state index contributed by atoms with van der Waals surface area (Å²) in [5.74, 6) is 1.99. The largest absolute Gasteiger partial charge is 0.396 e. The summed E-state index contributed by atoms with van der Waals surface area (Å²) in [6.07, 6.45) is 11.2. The summed E-state index contributed by atoms with van der Waals surface area (Å²) in [6, 6.07) is 0. The molecule has 0 aromatic carbocycles.